The molecule has 20 heavy (non-hydrogen) atoms. The Morgan fingerprint density at radius 2 is 1.55 bits per heavy atom. The van der Waals surface area contributed by atoms with Crippen LogP contribution in [0.5, 0.6) is 0 Å². The minimum absolute atomic E-state index is 0.0479. The Labute approximate surface area is 113 Å². The lowest BCUT2D eigenvalue weighted by Crippen LogP contribution is -2.51. The fourth-order valence-corrected chi connectivity index (χ4v) is 1.75. The Kier molecular flexibility index (Phi) is 4.74. The molecule has 1 atom stereocenters. The Morgan fingerprint density at radius 3 is 2.00 bits per heavy atom. The van der Waals surface area contributed by atoms with Crippen LogP contribution < -0.4 is 5.32 Å². The van der Waals surface area contributed by atoms with E-state index in [-0.39, 0.29) is 6.54 Å². The Hall–Kier alpha value is -1.24. The first-order valence-electron chi connectivity index (χ1n) is 6.02. The van der Waals surface area contributed by atoms with Gasteiger partial charge < -0.3 is 5.32 Å². The maximum Gasteiger partial charge on any atom is 0.416 e. The molecule has 7 heteroatoms. The molecule has 0 bridgehead atoms. The summed E-state index contributed by atoms with van der Waals surface area (Å²) in [7, 11) is 0. The normalized spacial score (nSPS) is 16.0. The topological polar surface area (TPSA) is 12.0 Å². The van der Waals surface area contributed by atoms with Crippen LogP contribution in [0.15, 0.2) is 24.3 Å². The lowest BCUT2D eigenvalue weighted by molar-refractivity contribution is -0.195. The molecule has 0 amide bonds. The average Bonchev–Trinajstić information content (AvgIpc) is 2.33. The molecule has 0 saturated heterocycles. The maximum absolute atomic E-state index is 13.2. The van der Waals surface area contributed by atoms with Crippen molar-refractivity contribution in [3.8, 4) is 0 Å². The second kappa shape index (κ2) is 5.63. The molecule has 1 N–H and O–H groups in total. The van der Waals surface area contributed by atoms with Crippen molar-refractivity contribution in [2.75, 3.05) is 6.54 Å². The van der Waals surface area contributed by atoms with Gasteiger partial charge in [-0.1, -0.05) is 19.1 Å². The highest BCUT2D eigenvalue weighted by atomic mass is 19.4. The zero-order chi connectivity index (χ0) is 15.6. The SMILES string of the molecule is CCCNC(C)(c1cccc(C(F)(F)F)c1)C(F)(F)F. The van der Waals surface area contributed by atoms with E-state index < -0.39 is 29.0 Å². The van der Waals surface area contributed by atoms with Crippen molar-refractivity contribution in [2.45, 2.75) is 38.2 Å². The highest BCUT2D eigenvalue weighted by molar-refractivity contribution is 5.32. The van der Waals surface area contributed by atoms with Crippen LogP contribution in [0.25, 0.3) is 0 Å². The zero-order valence-corrected chi connectivity index (χ0v) is 11.0. The lowest BCUT2D eigenvalue weighted by Gasteiger charge is -2.34. The predicted octanol–water partition coefficient (Wildman–Crippen LogP) is 4.48. The van der Waals surface area contributed by atoms with Crippen LogP contribution in [0.3, 0.4) is 0 Å². The molecule has 0 heterocycles. The Bertz CT molecular complexity index is 451. The van der Waals surface area contributed by atoms with Crippen LogP contribution in [0.1, 0.15) is 31.4 Å². The van der Waals surface area contributed by atoms with Gasteiger partial charge in [-0.25, -0.2) is 0 Å². The first-order chi connectivity index (χ1) is 9.02. The highest BCUT2D eigenvalue weighted by Gasteiger charge is 2.52. The van der Waals surface area contributed by atoms with Crippen molar-refractivity contribution in [1.29, 1.82) is 0 Å². The number of rotatable bonds is 4. The number of alkyl halides is 6. The average molecular weight is 299 g/mol. The van der Waals surface area contributed by atoms with Gasteiger partial charge in [-0.2, -0.15) is 26.3 Å². The minimum Gasteiger partial charge on any atom is -0.300 e. The van der Waals surface area contributed by atoms with E-state index >= 15 is 0 Å². The molecule has 114 valence electrons. The van der Waals surface area contributed by atoms with E-state index in [9.17, 15) is 26.3 Å². The third-order valence-corrected chi connectivity index (χ3v) is 3.06. The van der Waals surface area contributed by atoms with E-state index in [0.717, 1.165) is 25.1 Å². The molecule has 0 aromatic heterocycles. The van der Waals surface area contributed by atoms with Gasteiger partial charge in [0, 0.05) is 0 Å². The van der Waals surface area contributed by atoms with E-state index in [0.29, 0.717) is 12.5 Å². The highest BCUT2D eigenvalue weighted by Crippen LogP contribution is 2.40. The molecule has 0 aliphatic carbocycles. The fourth-order valence-electron chi connectivity index (χ4n) is 1.75. The molecule has 0 saturated carbocycles. The van der Waals surface area contributed by atoms with Crippen LogP contribution in [0.2, 0.25) is 0 Å². The number of hydrogen-bond donors (Lipinski definition) is 1. The van der Waals surface area contributed by atoms with Crippen molar-refractivity contribution in [2.24, 2.45) is 0 Å². The smallest absolute Gasteiger partial charge is 0.300 e. The molecule has 1 unspecified atom stereocenters. The summed E-state index contributed by atoms with van der Waals surface area (Å²) < 4.78 is 77.4. The zero-order valence-electron chi connectivity index (χ0n) is 11.0. The van der Waals surface area contributed by atoms with Gasteiger partial charge in [0.2, 0.25) is 0 Å². The van der Waals surface area contributed by atoms with Crippen LogP contribution in [-0.2, 0) is 11.7 Å². The minimum atomic E-state index is -4.70. The molecule has 0 fully saturated rings. The molecular weight excluding hydrogens is 284 g/mol. The summed E-state index contributed by atoms with van der Waals surface area (Å²) in [6, 6.07) is 3.32. The third-order valence-electron chi connectivity index (χ3n) is 3.06. The molecule has 1 aromatic rings. The van der Waals surface area contributed by atoms with Gasteiger partial charge >= 0.3 is 12.4 Å². The first-order valence-corrected chi connectivity index (χ1v) is 6.02. The number of hydrogen-bond acceptors (Lipinski definition) is 1. The molecule has 1 aromatic carbocycles. The fraction of sp³-hybridized carbons (Fsp3) is 0.538. The van der Waals surface area contributed by atoms with Crippen molar-refractivity contribution in [1.82, 2.24) is 5.32 Å². The second-order valence-corrected chi connectivity index (χ2v) is 4.63. The quantitative estimate of drug-likeness (QED) is 0.808. The summed E-state index contributed by atoms with van der Waals surface area (Å²) in [6.45, 7) is 2.57. The summed E-state index contributed by atoms with van der Waals surface area (Å²) >= 11 is 0. The molecule has 0 radical (unpaired) electrons. The van der Waals surface area contributed by atoms with Gasteiger partial charge in [0.05, 0.1) is 5.56 Å². The van der Waals surface area contributed by atoms with Crippen LogP contribution in [0.4, 0.5) is 26.3 Å². The summed E-state index contributed by atoms with van der Waals surface area (Å²) in [6.07, 6.45) is -8.94. The molecule has 1 nitrogen and oxygen atoms in total. The second-order valence-electron chi connectivity index (χ2n) is 4.63. The largest absolute Gasteiger partial charge is 0.416 e. The Morgan fingerprint density at radius 1 is 1.00 bits per heavy atom. The molecule has 0 spiro atoms. The van der Waals surface area contributed by atoms with Gasteiger partial charge in [0.25, 0.3) is 0 Å². The molecule has 0 aliphatic rings. The molecule has 0 aliphatic heterocycles. The summed E-state index contributed by atoms with van der Waals surface area (Å²) in [5.74, 6) is 0. The van der Waals surface area contributed by atoms with Gasteiger partial charge in [-0.3, -0.25) is 0 Å². The monoisotopic (exact) mass is 299 g/mol. The first kappa shape index (κ1) is 16.8. The summed E-state index contributed by atoms with van der Waals surface area (Å²) in [5, 5.41) is 2.29. The number of halogens is 6. The van der Waals surface area contributed by atoms with Crippen molar-refractivity contribution < 1.29 is 26.3 Å². The van der Waals surface area contributed by atoms with Crippen LogP contribution in [0, 0.1) is 0 Å². The number of nitrogens with one attached hydrogen (secondary N) is 1. The van der Waals surface area contributed by atoms with E-state index in [1.807, 2.05) is 0 Å². The number of benzene rings is 1. The van der Waals surface area contributed by atoms with E-state index in [1.54, 1.807) is 6.92 Å². The van der Waals surface area contributed by atoms with Gasteiger partial charge in [0.1, 0.15) is 5.54 Å². The van der Waals surface area contributed by atoms with E-state index in [2.05, 4.69) is 5.32 Å². The van der Waals surface area contributed by atoms with Gasteiger partial charge in [-0.15, -0.1) is 0 Å². The third kappa shape index (κ3) is 3.45. The standard InChI is InChI=1S/C13H15F6N/c1-3-7-20-11(2,13(17,18)19)9-5-4-6-10(8-9)12(14,15)16/h4-6,8,20H,3,7H2,1-2H3. The van der Waals surface area contributed by atoms with E-state index in [4.69, 9.17) is 0 Å². The van der Waals surface area contributed by atoms with E-state index in [1.165, 1.54) is 0 Å². The maximum atomic E-state index is 13.2. The summed E-state index contributed by atoms with van der Waals surface area (Å²) in [4.78, 5) is 0. The summed E-state index contributed by atoms with van der Waals surface area (Å²) in [5.41, 5.74) is -4.05. The molecular formula is C13H15F6N. The van der Waals surface area contributed by atoms with Crippen molar-refractivity contribution in [3.05, 3.63) is 35.4 Å². The van der Waals surface area contributed by atoms with Crippen molar-refractivity contribution >= 4 is 0 Å². The van der Waals surface area contributed by atoms with Crippen LogP contribution in [-0.4, -0.2) is 12.7 Å². The van der Waals surface area contributed by atoms with Crippen molar-refractivity contribution in [3.63, 3.8) is 0 Å². The van der Waals surface area contributed by atoms with Crippen LogP contribution >= 0.6 is 0 Å². The van der Waals surface area contributed by atoms with Gasteiger partial charge in [0.15, 0.2) is 0 Å². The lowest BCUT2D eigenvalue weighted by atomic mass is 9.89. The molecule has 1 rings (SSSR count). The van der Waals surface area contributed by atoms with Gasteiger partial charge in [-0.05, 0) is 37.6 Å². The predicted molar refractivity (Wildman–Crippen MR) is 63.1 cm³/mol. The Balaban J connectivity index is 3.28.